The summed E-state index contributed by atoms with van der Waals surface area (Å²) in [5, 5.41) is 3.15. The molecule has 1 unspecified atom stereocenters. The standard InChI is InChI=1S/C13H20N2OS/c1-3-12(13(14)16)17-11-7-5-6-10(8-11)9-15-4-2/h5-8,12,15H,3-4,9H2,1-2H3,(H2,14,16). The molecule has 4 heteroatoms. The Bertz CT molecular complexity index is 368. The van der Waals surface area contributed by atoms with Gasteiger partial charge in [-0.25, -0.2) is 0 Å². The Morgan fingerprint density at radius 1 is 1.47 bits per heavy atom. The van der Waals surface area contributed by atoms with Crippen molar-refractivity contribution < 1.29 is 4.79 Å². The maximum atomic E-state index is 11.2. The van der Waals surface area contributed by atoms with E-state index in [1.807, 2.05) is 19.1 Å². The molecule has 0 saturated carbocycles. The Morgan fingerprint density at radius 3 is 2.82 bits per heavy atom. The van der Waals surface area contributed by atoms with Crippen LogP contribution in [-0.4, -0.2) is 17.7 Å². The first kappa shape index (κ1) is 14.1. The minimum Gasteiger partial charge on any atom is -0.369 e. The van der Waals surface area contributed by atoms with Crippen LogP contribution in [-0.2, 0) is 11.3 Å². The number of carbonyl (C=O) groups excluding carboxylic acids is 1. The van der Waals surface area contributed by atoms with E-state index in [1.54, 1.807) is 11.8 Å². The molecule has 0 spiro atoms. The number of nitrogens with one attached hydrogen (secondary N) is 1. The van der Waals surface area contributed by atoms with E-state index >= 15 is 0 Å². The third kappa shape index (κ3) is 4.79. The highest BCUT2D eigenvalue weighted by molar-refractivity contribution is 8.00. The van der Waals surface area contributed by atoms with Crippen LogP contribution in [0.2, 0.25) is 0 Å². The van der Waals surface area contributed by atoms with Gasteiger partial charge in [-0.15, -0.1) is 11.8 Å². The predicted octanol–water partition coefficient (Wildman–Crippen LogP) is 2.15. The molecule has 0 saturated heterocycles. The van der Waals surface area contributed by atoms with Gasteiger partial charge in [0.25, 0.3) is 0 Å². The van der Waals surface area contributed by atoms with Crippen LogP contribution >= 0.6 is 11.8 Å². The number of rotatable bonds is 7. The molecule has 0 aromatic heterocycles. The maximum Gasteiger partial charge on any atom is 0.230 e. The molecular formula is C13H20N2OS. The van der Waals surface area contributed by atoms with E-state index in [0.717, 1.165) is 24.4 Å². The molecule has 0 aliphatic heterocycles. The number of amides is 1. The van der Waals surface area contributed by atoms with Crippen molar-refractivity contribution in [2.24, 2.45) is 5.73 Å². The summed E-state index contributed by atoms with van der Waals surface area (Å²) in [6.45, 7) is 5.87. The van der Waals surface area contributed by atoms with Gasteiger partial charge in [-0.05, 0) is 30.7 Å². The Labute approximate surface area is 107 Å². The van der Waals surface area contributed by atoms with Gasteiger partial charge in [0.1, 0.15) is 0 Å². The molecule has 0 aliphatic rings. The molecule has 17 heavy (non-hydrogen) atoms. The summed E-state index contributed by atoms with van der Waals surface area (Å²) in [4.78, 5) is 12.3. The smallest absolute Gasteiger partial charge is 0.230 e. The first-order valence-electron chi connectivity index (χ1n) is 5.93. The number of nitrogens with two attached hydrogens (primary N) is 1. The Hall–Kier alpha value is -1.00. The fourth-order valence-electron chi connectivity index (χ4n) is 1.50. The number of hydrogen-bond acceptors (Lipinski definition) is 3. The van der Waals surface area contributed by atoms with Crippen molar-refractivity contribution in [3.05, 3.63) is 29.8 Å². The normalized spacial score (nSPS) is 12.4. The zero-order valence-corrected chi connectivity index (χ0v) is 11.2. The van der Waals surface area contributed by atoms with Crippen molar-refractivity contribution in [3.8, 4) is 0 Å². The lowest BCUT2D eigenvalue weighted by Crippen LogP contribution is -2.24. The summed E-state index contributed by atoms with van der Waals surface area (Å²) in [5.74, 6) is -0.241. The van der Waals surface area contributed by atoms with Crippen LogP contribution in [0.25, 0.3) is 0 Å². The van der Waals surface area contributed by atoms with Gasteiger partial charge in [0, 0.05) is 11.4 Å². The summed E-state index contributed by atoms with van der Waals surface area (Å²) in [6, 6.07) is 8.23. The van der Waals surface area contributed by atoms with E-state index in [-0.39, 0.29) is 11.2 Å². The largest absolute Gasteiger partial charge is 0.369 e. The Morgan fingerprint density at radius 2 is 2.24 bits per heavy atom. The maximum absolute atomic E-state index is 11.2. The van der Waals surface area contributed by atoms with Crippen molar-refractivity contribution >= 4 is 17.7 Å². The van der Waals surface area contributed by atoms with Crippen molar-refractivity contribution in [1.29, 1.82) is 0 Å². The Balaban J connectivity index is 2.67. The van der Waals surface area contributed by atoms with E-state index < -0.39 is 0 Å². The van der Waals surface area contributed by atoms with Crippen LogP contribution in [0.5, 0.6) is 0 Å². The SMILES string of the molecule is CCNCc1cccc(SC(CC)C(N)=O)c1. The highest BCUT2D eigenvalue weighted by atomic mass is 32.2. The van der Waals surface area contributed by atoms with Crippen LogP contribution in [0.3, 0.4) is 0 Å². The van der Waals surface area contributed by atoms with Crippen molar-refractivity contribution in [2.75, 3.05) is 6.54 Å². The third-order valence-corrected chi connectivity index (χ3v) is 3.82. The van der Waals surface area contributed by atoms with Crippen LogP contribution in [0.4, 0.5) is 0 Å². The lowest BCUT2D eigenvalue weighted by molar-refractivity contribution is -0.117. The first-order valence-corrected chi connectivity index (χ1v) is 6.81. The molecule has 1 aromatic carbocycles. The molecule has 0 heterocycles. The molecule has 1 rings (SSSR count). The van der Waals surface area contributed by atoms with Gasteiger partial charge in [0.15, 0.2) is 0 Å². The van der Waals surface area contributed by atoms with E-state index in [9.17, 15) is 4.79 Å². The summed E-state index contributed by atoms with van der Waals surface area (Å²) in [5.41, 5.74) is 6.57. The molecule has 0 bridgehead atoms. The molecule has 0 fully saturated rings. The van der Waals surface area contributed by atoms with Crippen molar-refractivity contribution in [3.63, 3.8) is 0 Å². The minimum absolute atomic E-state index is 0.135. The molecule has 1 amide bonds. The number of thioether (sulfide) groups is 1. The number of carbonyl (C=O) groups is 1. The molecular weight excluding hydrogens is 232 g/mol. The van der Waals surface area contributed by atoms with Crippen LogP contribution < -0.4 is 11.1 Å². The fraction of sp³-hybridized carbons (Fsp3) is 0.462. The molecule has 94 valence electrons. The van der Waals surface area contributed by atoms with E-state index in [2.05, 4.69) is 24.4 Å². The summed E-state index contributed by atoms with van der Waals surface area (Å²) >= 11 is 1.54. The summed E-state index contributed by atoms with van der Waals surface area (Å²) in [6.07, 6.45) is 0.761. The summed E-state index contributed by atoms with van der Waals surface area (Å²) < 4.78 is 0. The predicted molar refractivity (Wildman–Crippen MR) is 73.0 cm³/mol. The van der Waals surface area contributed by atoms with Crippen LogP contribution in [0, 0.1) is 0 Å². The molecule has 1 aromatic rings. The fourth-order valence-corrected chi connectivity index (χ4v) is 2.49. The van der Waals surface area contributed by atoms with Crippen molar-refractivity contribution in [1.82, 2.24) is 5.32 Å². The van der Waals surface area contributed by atoms with Gasteiger partial charge >= 0.3 is 0 Å². The average molecular weight is 252 g/mol. The zero-order valence-electron chi connectivity index (χ0n) is 10.4. The molecule has 3 N–H and O–H groups in total. The lowest BCUT2D eigenvalue weighted by Gasteiger charge is -2.11. The van der Waals surface area contributed by atoms with Gasteiger partial charge in [-0.1, -0.05) is 26.0 Å². The van der Waals surface area contributed by atoms with Gasteiger partial charge in [-0.3, -0.25) is 4.79 Å². The first-order chi connectivity index (χ1) is 8.17. The van der Waals surface area contributed by atoms with Crippen molar-refractivity contribution in [2.45, 2.75) is 37.0 Å². The topological polar surface area (TPSA) is 55.1 Å². The second-order valence-corrected chi connectivity index (χ2v) is 5.12. The van der Waals surface area contributed by atoms with Crippen LogP contribution in [0.15, 0.2) is 29.2 Å². The molecule has 0 radical (unpaired) electrons. The number of benzene rings is 1. The molecule has 3 nitrogen and oxygen atoms in total. The Kier molecular flexibility index (Phi) is 6.08. The highest BCUT2D eigenvalue weighted by Gasteiger charge is 2.14. The number of hydrogen-bond donors (Lipinski definition) is 2. The minimum atomic E-state index is -0.241. The lowest BCUT2D eigenvalue weighted by atomic mass is 10.2. The zero-order chi connectivity index (χ0) is 12.7. The van der Waals surface area contributed by atoms with Gasteiger partial charge < -0.3 is 11.1 Å². The van der Waals surface area contributed by atoms with Crippen LogP contribution in [0.1, 0.15) is 25.8 Å². The van der Waals surface area contributed by atoms with E-state index in [1.165, 1.54) is 5.56 Å². The number of primary amides is 1. The van der Waals surface area contributed by atoms with E-state index in [0.29, 0.717) is 0 Å². The third-order valence-electron chi connectivity index (χ3n) is 2.44. The quantitative estimate of drug-likeness (QED) is 0.731. The van der Waals surface area contributed by atoms with Gasteiger partial charge in [0.05, 0.1) is 5.25 Å². The van der Waals surface area contributed by atoms with E-state index in [4.69, 9.17) is 5.73 Å². The monoisotopic (exact) mass is 252 g/mol. The second kappa shape index (κ2) is 7.35. The summed E-state index contributed by atoms with van der Waals surface area (Å²) in [7, 11) is 0. The second-order valence-electron chi connectivity index (χ2n) is 3.84. The van der Waals surface area contributed by atoms with Gasteiger partial charge in [-0.2, -0.15) is 0 Å². The molecule has 1 atom stereocenters. The highest BCUT2D eigenvalue weighted by Crippen LogP contribution is 2.25. The average Bonchev–Trinajstić information content (AvgIpc) is 2.33. The molecule has 0 aliphatic carbocycles. The van der Waals surface area contributed by atoms with Gasteiger partial charge in [0.2, 0.25) is 5.91 Å².